The molecule has 0 aliphatic rings. The van der Waals surface area contributed by atoms with Crippen LogP contribution in [0, 0.1) is 0 Å². The maximum absolute atomic E-state index is 12.3. The van der Waals surface area contributed by atoms with Crippen LogP contribution in [-0.2, 0) is 19.6 Å². The number of alkyl halides is 3. The van der Waals surface area contributed by atoms with Crippen LogP contribution in [0.25, 0.3) is 0 Å². The molecule has 1 aromatic rings. The highest BCUT2D eigenvalue weighted by Gasteiger charge is 2.36. The Labute approximate surface area is 72.8 Å². The van der Waals surface area contributed by atoms with E-state index in [2.05, 4.69) is 5.10 Å². The summed E-state index contributed by atoms with van der Waals surface area (Å²) < 4.78 is 37.7. The fraction of sp³-hybridized carbons (Fsp3) is 0.571. The highest BCUT2D eigenvalue weighted by atomic mass is 19.4. The Bertz CT molecular complexity index is 292. The van der Waals surface area contributed by atoms with E-state index in [9.17, 15) is 13.2 Å². The lowest BCUT2D eigenvalue weighted by Crippen LogP contribution is -2.14. The van der Waals surface area contributed by atoms with Crippen molar-refractivity contribution in [2.75, 3.05) is 6.61 Å². The van der Waals surface area contributed by atoms with Crippen LogP contribution in [0.4, 0.5) is 13.2 Å². The van der Waals surface area contributed by atoms with Crippen molar-refractivity contribution in [1.82, 2.24) is 9.78 Å². The summed E-state index contributed by atoms with van der Waals surface area (Å²) in [6.07, 6.45) is -3.31. The van der Waals surface area contributed by atoms with Gasteiger partial charge in [0.25, 0.3) is 0 Å². The van der Waals surface area contributed by atoms with Gasteiger partial charge in [0.05, 0.1) is 6.20 Å². The summed E-state index contributed by atoms with van der Waals surface area (Å²) in [5.74, 6) is 0. The van der Waals surface area contributed by atoms with Crippen molar-refractivity contribution in [3.63, 3.8) is 0 Å². The standard InChI is InChI=1S/C7H9F3N2O/c1-12-6(7(8,9)10)5(2-3-13)4-11-12/h4,13H,2-3H2,1H3. The zero-order valence-corrected chi connectivity index (χ0v) is 6.97. The molecule has 6 heteroatoms. The van der Waals surface area contributed by atoms with Gasteiger partial charge in [0, 0.05) is 19.2 Å². The van der Waals surface area contributed by atoms with Crippen LogP contribution < -0.4 is 0 Å². The Morgan fingerprint density at radius 2 is 2.15 bits per heavy atom. The van der Waals surface area contributed by atoms with Gasteiger partial charge >= 0.3 is 6.18 Å². The fourth-order valence-corrected chi connectivity index (χ4v) is 1.15. The third kappa shape index (κ3) is 2.00. The van der Waals surface area contributed by atoms with Crippen molar-refractivity contribution in [3.05, 3.63) is 17.5 Å². The number of halogens is 3. The number of aromatic nitrogens is 2. The van der Waals surface area contributed by atoms with Crippen molar-refractivity contribution in [2.45, 2.75) is 12.6 Å². The van der Waals surface area contributed by atoms with Gasteiger partial charge in [-0.3, -0.25) is 4.68 Å². The van der Waals surface area contributed by atoms with Gasteiger partial charge in [-0.15, -0.1) is 0 Å². The van der Waals surface area contributed by atoms with Gasteiger partial charge in [0.2, 0.25) is 0 Å². The van der Waals surface area contributed by atoms with Crippen molar-refractivity contribution < 1.29 is 18.3 Å². The minimum absolute atomic E-state index is 0.0251. The van der Waals surface area contributed by atoms with E-state index in [0.717, 1.165) is 10.9 Å². The van der Waals surface area contributed by atoms with E-state index in [1.807, 2.05) is 0 Å². The van der Waals surface area contributed by atoms with Gasteiger partial charge < -0.3 is 5.11 Å². The average Bonchev–Trinajstić information content (AvgIpc) is 2.31. The largest absolute Gasteiger partial charge is 0.433 e. The predicted molar refractivity (Wildman–Crippen MR) is 39.0 cm³/mol. The second kappa shape index (κ2) is 3.37. The minimum Gasteiger partial charge on any atom is -0.396 e. The van der Waals surface area contributed by atoms with Crippen LogP contribution in [-0.4, -0.2) is 21.5 Å². The number of rotatable bonds is 2. The lowest BCUT2D eigenvalue weighted by atomic mass is 10.2. The molecule has 0 aliphatic heterocycles. The molecule has 0 amide bonds. The summed E-state index contributed by atoms with van der Waals surface area (Å²) in [5, 5.41) is 12.0. The van der Waals surface area contributed by atoms with Crippen LogP contribution >= 0.6 is 0 Å². The smallest absolute Gasteiger partial charge is 0.396 e. The number of aliphatic hydroxyl groups excluding tert-OH is 1. The molecule has 0 atom stereocenters. The molecule has 0 aromatic carbocycles. The van der Waals surface area contributed by atoms with Crippen LogP contribution in [0.15, 0.2) is 6.20 Å². The quantitative estimate of drug-likeness (QED) is 0.761. The maximum atomic E-state index is 12.3. The molecule has 1 N–H and O–H groups in total. The molecule has 1 rings (SSSR count). The van der Waals surface area contributed by atoms with Crippen LogP contribution in [0.1, 0.15) is 11.3 Å². The first-order valence-corrected chi connectivity index (χ1v) is 3.65. The van der Waals surface area contributed by atoms with E-state index in [0.29, 0.717) is 0 Å². The van der Waals surface area contributed by atoms with Crippen LogP contribution in [0.3, 0.4) is 0 Å². The van der Waals surface area contributed by atoms with Crippen LogP contribution in [0.5, 0.6) is 0 Å². The number of aryl methyl sites for hydroxylation is 1. The van der Waals surface area contributed by atoms with Gasteiger partial charge in [-0.2, -0.15) is 18.3 Å². The lowest BCUT2D eigenvalue weighted by molar-refractivity contribution is -0.144. The maximum Gasteiger partial charge on any atom is 0.433 e. The first-order valence-electron chi connectivity index (χ1n) is 3.65. The molecule has 3 nitrogen and oxygen atoms in total. The van der Waals surface area contributed by atoms with Crippen molar-refractivity contribution in [1.29, 1.82) is 0 Å². The molecule has 0 radical (unpaired) electrons. The summed E-state index contributed by atoms with van der Waals surface area (Å²) in [6, 6.07) is 0. The number of aliphatic hydroxyl groups is 1. The number of hydrogen-bond donors (Lipinski definition) is 1. The molecular formula is C7H9F3N2O. The molecule has 1 heterocycles. The zero-order chi connectivity index (χ0) is 10.1. The first kappa shape index (κ1) is 10.0. The minimum atomic E-state index is -4.41. The van der Waals surface area contributed by atoms with Gasteiger partial charge in [-0.1, -0.05) is 0 Å². The predicted octanol–water partition coefficient (Wildman–Crippen LogP) is 0.974. The first-order chi connectivity index (χ1) is 5.96. The molecule has 0 spiro atoms. The molecule has 74 valence electrons. The van der Waals surface area contributed by atoms with E-state index in [1.165, 1.54) is 7.05 Å². The molecule has 0 aliphatic carbocycles. The second-order valence-electron chi connectivity index (χ2n) is 2.61. The van der Waals surface area contributed by atoms with Crippen molar-refractivity contribution in [2.24, 2.45) is 7.05 Å². The zero-order valence-electron chi connectivity index (χ0n) is 6.97. The lowest BCUT2D eigenvalue weighted by Gasteiger charge is -2.08. The van der Waals surface area contributed by atoms with Gasteiger partial charge in [-0.25, -0.2) is 0 Å². The van der Waals surface area contributed by atoms with E-state index in [-0.39, 0.29) is 18.6 Å². The molecule has 0 bridgehead atoms. The Morgan fingerprint density at radius 3 is 2.62 bits per heavy atom. The van der Waals surface area contributed by atoms with Crippen LogP contribution in [0.2, 0.25) is 0 Å². The fourth-order valence-electron chi connectivity index (χ4n) is 1.15. The van der Waals surface area contributed by atoms with E-state index in [4.69, 9.17) is 5.11 Å². The third-order valence-corrected chi connectivity index (χ3v) is 1.66. The summed E-state index contributed by atoms with van der Waals surface area (Å²) in [6.45, 7) is -0.311. The Hall–Kier alpha value is -1.04. The molecule has 0 saturated heterocycles. The highest BCUT2D eigenvalue weighted by molar-refractivity contribution is 5.20. The average molecular weight is 194 g/mol. The van der Waals surface area contributed by atoms with Gasteiger partial charge in [0.1, 0.15) is 5.69 Å². The highest BCUT2D eigenvalue weighted by Crippen LogP contribution is 2.31. The SMILES string of the molecule is Cn1ncc(CCO)c1C(F)(F)F. The van der Waals surface area contributed by atoms with Crippen molar-refractivity contribution >= 4 is 0 Å². The summed E-state index contributed by atoms with van der Waals surface area (Å²) in [7, 11) is 1.23. The van der Waals surface area contributed by atoms with E-state index < -0.39 is 11.9 Å². The normalized spacial score (nSPS) is 12.1. The molecule has 0 fully saturated rings. The topological polar surface area (TPSA) is 38.0 Å². The van der Waals surface area contributed by atoms with Crippen molar-refractivity contribution in [3.8, 4) is 0 Å². The molecule has 1 aromatic heterocycles. The molecule has 0 saturated carbocycles. The Kier molecular flexibility index (Phi) is 2.60. The molecule has 13 heavy (non-hydrogen) atoms. The van der Waals surface area contributed by atoms with E-state index >= 15 is 0 Å². The summed E-state index contributed by atoms with van der Waals surface area (Å²) >= 11 is 0. The number of nitrogens with zero attached hydrogens (tertiary/aromatic N) is 2. The Balaban J connectivity index is 3.09. The van der Waals surface area contributed by atoms with E-state index in [1.54, 1.807) is 0 Å². The monoisotopic (exact) mass is 194 g/mol. The Morgan fingerprint density at radius 1 is 1.54 bits per heavy atom. The number of hydrogen-bond acceptors (Lipinski definition) is 2. The molecular weight excluding hydrogens is 185 g/mol. The second-order valence-corrected chi connectivity index (χ2v) is 2.61. The van der Waals surface area contributed by atoms with Gasteiger partial charge in [-0.05, 0) is 6.42 Å². The summed E-state index contributed by atoms with van der Waals surface area (Å²) in [4.78, 5) is 0. The summed E-state index contributed by atoms with van der Waals surface area (Å²) in [5.41, 5.74) is -0.765. The third-order valence-electron chi connectivity index (χ3n) is 1.66. The van der Waals surface area contributed by atoms with Gasteiger partial charge in [0.15, 0.2) is 0 Å². The molecule has 0 unspecified atom stereocenters.